The normalized spacial score (nSPS) is 20.6. The van der Waals surface area contributed by atoms with Crippen LogP contribution in [0.25, 0.3) is 6.08 Å². The first kappa shape index (κ1) is 35.8. The summed E-state index contributed by atoms with van der Waals surface area (Å²) in [7, 11) is 0. The van der Waals surface area contributed by atoms with Crippen LogP contribution in [-0.4, -0.2) is 80.1 Å². The molecule has 11 heteroatoms. The smallest absolute Gasteiger partial charge is 0.158 e. The zero-order chi connectivity index (χ0) is 35.7. The number of oxime groups is 1. The number of imidazole rings is 2. The summed E-state index contributed by atoms with van der Waals surface area (Å²) in [5.41, 5.74) is 6.21. The fraction of sp³-hybridized carbons (Fsp3) is 0.439. The molecule has 272 valence electrons. The number of benzene rings is 2. The Labute approximate surface area is 305 Å². The third-order valence-corrected chi connectivity index (χ3v) is 9.67. The maximum Gasteiger partial charge on any atom is 0.158 e. The van der Waals surface area contributed by atoms with Gasteiger partial charge in [-0.3, -0.25) is 4.90 Å². The Bertz CT molecular complexity index is 1890. The van der Waals surface area contributed by atoms with Crippen molar-refractivity contribution in [2.45, 2.75) is 83.8 Å². The standard InChI is InChI=1S/C41H48N6O5/c1-30(48)40-42-17-20-47(40)29-37-27-38(44-52-37)34-13-10-32(11-14-34)8-9-33-12-15-36(28-45-21-24-49-25-22-45)35(26-33)6-5-18-46-19-16-43-41(46)31(2)51-39-7-3-4-23-50-39/h5-6,10-17,19-20,26,30-31,37,39,48H,3-4,7,18,21-25,27-29H2,1-2H3/b6-5-/t30-,31-,37?,39?/m0/s1. The van der Waals surface area contributed by atoms with Gasteiger partial charge in [0.1, 0.15) is 23.9 Å². The van der Waals surface area contributed by atoms with Gasteiger partial charge in [-0.05, 0) is 74.1 Å². The Hall–Kier alpha value is -4.57. The Morgan fingerprint density at radius 1 is 0.942 bits per heavy atom. The van der Waals surface area contributed by atoms with Gasteiger partial charge >= 0.3 is 0 Å². The largest absolute Gasteiger partial charge is 0.390 e. The van der Waals surface area contributed by atoms with Crippen LogP contribution in [0.4, 0.5) is 0 Å². The first-order valence-corrected chi connectivity index (χ1v) is 18.4. The number of aliphatic hydroxyl groups is 1. The molecule has 2 unspecified atom stereocenters. The van der Waals surface area contributed by atoms with Crippen LogP contribution < -0.4 is 0 Å². The maximum absolute atomic E-state index is 9.97. The highest BCUT2D eigenvalue weighted by Crippen LogP contribution is 2.24. The second-order valence-electron chi connectivity index (χ2n) is 13.6. The molecule has 5 heterocycles. The van der Waals surface area contributed by atoms with Crippen molar-refractivity contribution in [2.24, 2.45) is 5.16 Å². The number of rotatable bonds is 12. The summed E-state index contributed by atoms with van der Waals surface area (Å²) in [5.74, 6) is 8.26. The van der Waals surface area contributed by atoms with E-state index in [0.29, 0.717) is 25.3 Å². The molecule has 0 amide bonds. The molecular formula is C41H48N6O5. The van der Waals surface area contributed by atoms with Gasteiger partial charge in [0.2, 0.25) is 0 Å². The van der Waals surface area contributed by atoms with Gasteiger partial charge in [-0.15, -0.1) is 0 Å². The van der Waals surface area contributed by atoms with Gasteiger partial charge in [0, 0.05) is 75.1 Å². The minimum Gasteiger partial charge on any atom is -0.390 e. The van der Waals surface area contributed by atoms with Crippen LogP contribution in [0.15, 0.2) is 78.5 Å². The van der Waals surface area contributed by atoms with Gasteiger partial charge in [0.25, 0.3) is 0 Å². The molecule has 1 N–H and O–H groups in total. The molecular weight excluding hydrogens is 656 g/mol. The molecule has 2 aromatic carbocycles. The molecule has 3 aliphatic rings. The monoisotopic (exact) mass is 704 g/mol. The summed E-state index contributed by atoms with van der Waals surface area (Å²) in [6.07, 6.45) is 14.5. The van der Waals surface area contributed by atoms with Crippen molar-refractivity contribution >= 4 is 11.8 Å². The van der Waals surface area contributed by atoms with Crippen molar-refractivity contribution in [3.05, 3.63) is 113 Å². The van der Waals surface area contributed by atoms with Gasteiger partial charge < -0.3 is 33.3 Å². The molecule has 3 aliphatic heterocycles. The highest BCUT2D eigenvalue weighted by Gasteiger charge is 2.24. The van der Waals surface area contributed by atoms with Crippen LogP contribution in [0, 0.1) is 11.8 Å². The minimum atomic E-state index is -0.639. The lowest BCUT2D eigenvalue weighted by Crippen LogP contribution is -2.35. The molecule has 0 saturated carbocycles. The van der Waals surface area contributed by atoms with E-state index in [0.717, 1.165) is 92.5 Å². The first-order chi connectivity index (χ1) is 25.5. The summed E-state index contributed by atoms with van der Waals surface area (Å²) < 4.78 is 21.7. The highest BCUT2D eigenvalue weighted by atomic mass is 16.7. The summed E-state index contributed by atoms with van der Waals surface area (Å²) in [6.45, 7) is 10.0. The van der Waals surface area contributed by atoms with E-state index in [1.807, 2.05) is 54.3 Å². The predicted octanol–water partition coefficient (Wildman–Crippen LogP) is 5.88. The lowest BCUT2D eigenvalue weighted by Gasteiger charge is -2.27. The zero-order valence-corrected chi connectivity index (χ0v) is 30.1. The summed E-state index contributed by atoms with van der Waals surface area (Å²) in [4.78, 5) is 17.0. The Balaban J connectivity index is 1.01. The number of allylic oxidation sites excluding steroid dienone is 1. The van der Waals surface area contributed by atoms with Crippen molar-refractivity contribution in [1.29, 1.82) is 0 Å². The van der Waals surface area contributed by atoms with Crippen LogP contribution >= 0.6 is 0 Å². The second kappa shape index (κ2) is 17.3. The number of hydrogen-bond acceptors (Lipinski definition) is 9. The van der Waals surface area contributed by atoms with Crippen LogP contribution in [0.2, 0.25) is 0 Å². The number of aromatic nitrogens is 4. The minimum absolute atomic E-state index is 0.114. The lowest BCUT2D eigenvalue weighted by molar-refractivity contribution is -0.188. The maximum atomic E-state index is 9.97. The van der Waals surface area contributed by atoms with Gasteiger partial charge in [-0.2, -0.15) is 0 Å². The molecule has 2 fully saturated rings. The van der Waals surface area contributed by atoms with Crippen LogP contribution in [-0.2, 0) is 38.7 Å². The van der Waals surface area contributed by atoms with Crippen molar-refractivity contribution in [2.75, 3.05) is 32.9 Å². The fourth-order valence-corrected chi connectivity index (χ4v) is 6.86. The van der Waals surface area contributed by atoms with E-state index in [9.17, 15) is 5.11 Å². The third kappa shape index (κ3) is 9.26. The summed E-state index contributed by atoms with van der Waals surface area (Å²) >= 11 is 0. The first-order valence-electron chi connectivity index (χ1n) is 18.4. The zero-order valence-electron chi connectivity index (χ0n) is 30.1. The highest BCUT2D eigenvalue weighted by molar-refractivity contribution is 6.01. The molecule has 0 spiro atoms. The summed E-state index contributed by atoms with van der Waals surface area (Å²) in [5, 5.41) is 14.3. The molecule has 7 rings (SSSR count). The molecule has 4 atom stereocenters. The van der Waals surface area contributed by atoms with Crippen LogP contribution in [0.3, 0.4) is 0 Å². The molecule has 2 saturated heterocycles. The average Bonchev–Trinajstić information content (AvgIpc) is 3.95. The van der Waals surface area contributed by atoms with E-state index in [4.69, 9.17) is 19.0 Å². The predicted molar refractivity (Wildman–Crippen MR) is 198 cm³/mol. The van der Waals surface area contributed by atoms with E-state index in [1.54, 1.807) is 13.1 Å². The average molecular weight is 705 g/mol. The molecule has 4 aromatic rings. The number of ether oxygens (including phenoxy) is 3. The van der Waals surface area contributed by atoms with E-state index in [1.165, 1.54) is 5.56 Å². The van der Waals surface area contributed by atoms with Crippen LogP contribution in [0.1, 0.15) is 91.2 Å². The van der Waals surface area contributed by atoms with Crippen LogP contribution in [0.5, 0.6) is 0 Å². The second-order valence-corrected chi connectivity index (χ2v) is 13.6. The number of aliphatic hydroxyl groups excluding tert-OH is 1. The molecule has 0 aliphatic carbocycles. The van der Waals surface area contributed by atoms with Crippen molar-refractivity contribution in [3.63, 3.8) is 0 Å². The van der Waals surface area contributed by atoms with E-state index in [-0.39, 0.29) is 18.5 Å². The van der Waals surface area contributed by atoms with Crippen molar-refractivity contribution < 1.29 is 24.2 Å². The molecule has 52 heavy (non-hydrogen) atoms. The summed E-state index contributed by atoms with van der Waals surface area (Å²) in [6, 6.07) is 14.6. The number of nitrogens with zero attached hydrogens (tertiary/aromatic N) is 6. The Morgan fingerprint density at radius 2 is 1.71 bits per heavy atom. The van der Waals surface area contributed by atoms with Gasteiger partial charge in [-0.25, -0.2) is 9.97 Å². The van der Waals surface area contributed by atoms with Crippen molar-refractivity contribution in [1.82, 2.24) is 24.0 Å². The fourth-order valence-electron chi connectivity index (χ4n) is 6.86. The van der Waals surface area contributed by atoms with E-state index in [2.05, 4.69) is 66.8 Å². The van der Waals surface area contributed by atoms with Gasteiger partial charge in [-0.1, -0.05) is 47.3 Å². The third-order valence-electron chi connectivity index (χ3n) is 9.67. The van der Waals surface area contributed by atoms with Crippen molar-refractivity contribution in [3.8, 4) is 11.8 Å². The van der Waals surface area contributed by atoms with Gasteiger partial charge in [0.15, 0.2) is 12.4 Å². The number of morpholine rings is 1. The Morgan fingerprint density at radius 3 is 2.50 bits per heavy atom. The number of hydrogen-bond donors (Lipinski definition) is 1. The lowest BCUT2D eigenvalue weighted by atomic mass is 10.0. The molecule has 0 radical (unpaired) electrons. The molecule has 11 nitrogen and oxygen atoms in total. The van der Waals surface area contributed by atoms with Gasteiger partial charge in [0.05, 0.1) is 25.5 Å². The quantitative estimate of drug-likeness (QED) is 0.183. The topological polar surface area (TPSA) is 108 Å². The van der Waals surface area contributed by atoms with E-state index >= 15 is 0 Å². The Kier molecular flexibility index (Phi) is 11.9. The SMILES string of the molecule is C[C@H](O)c1nccn1CC1CC(c2ccc(C#Cc3ccc(CN4CCOCC4)c(/C=C\Cn4ccnc4[C@H](C)OC4CCCCO4)c3)cc2)=NO1. The molecule has 2 aromatic heterocycles. The van der Waals surface area contributed by atoms with E-state index < -0.39 is 6.10 Å². The molecule has 0 bridgehead atoms.